The van der Waals surface area contributed by atoms with Crippen molar-refractivity contribution in [2.45, 2.75) is 25.4 Å². The summed E-state index contributed by atoms with van der Waals surface area (Å²) >= 11 is 5.21. The lowest BCUT2D eigenvalue weighted by atomic mass is 10.0. The van der Waals surface area contributed by atoms with Gasteiger partial charge in [-0.2, -0.15) is 5.21 Å². The van der Waals surface area contributed by atoms with Crippen LogP contribution in [0.3, 0.4) is 0 Å². The highest BCUT2D eigenvalue weighted by molar-refractivity contribution is 7.71. The molecule has 1 atom stereocenters. The fraction of sp³-hybridized carbons (Fsp3) is 0.143. The monoisotopic (exact) mass is 641 g/mol. The Hall–Kier alpha value is -6.17. The van der Waals surface area contributed by atoms with Gasteiger partial charge in [-0.05, 0) is 76.4 Å². The highest BCUT2D eigenvalue weighted by Crippen LogP contribution is 2.34. The lowest BCUT2D eigenvalue weighted by Crippen LogP contribution is -2.36. The van der Waals surface area contributed by atoms with E-state index in [-0.39, 0.29) is 51.7 Å². The van der Waals surface area contributed by atoms with Gasteiger partial charge >= 0.3 is 4.84 Å². The molecule has 3 aromatic carbocycles. The number of aromatic nitrogens is 7. The van der Waals surface area contributed by atoms with Crippen LogP contribution in [-0.4, -0.2) is 47.0 Å². The van der Waals surface area contributed by atoms with Crippen molar-refractivity contribution in [1.82, 2.24) is 45.8 Å². The predicted molar refractivity (Wildman–Crippen MR) is 161 cm³/mol. The molecule has 0 fully saturated rings. The summed E-state index contributed by atoms with van der Waals surface area (Å²) in [6.45, 7) is -0.0839. The fourth-order valence-corrected chi connectivity index (χ4v) is 5.50. The highest BCUT2D eigenvalue weighted by Gasteiger charge is 2.27. The van der Waals surface area contributed by atoms with Gasteiger partial charge in [0.25, 0.3) is 28.4 Å². The lowest BCUT2D eigenvalue weighted by molar-refractivity contribution is 0.0929. The van der Waals surface area contributed by atoms with Crippen LogP contribution in [0.2, 0.25) is 0 Å². The van der Waals surface area contributed by atoms with Gasteiger partial charge in [-0.15, -0.1) is 10.2 Å². The predicted octanol–water partition coefficient (Wildman–Crippen LogP) is 1.64. The van der Waals surface area contributed by atoms with E-state index in [9.17, 15) is 23.6 Å². The van der Waals surface area contributed by atoms with Crippen molar-refractivity contribution < 1.29 is 18.5 Å². The standard InChI is InChI=1S/C28H20FN11O5S/c29-15-5-1-11(7-17(15)32-21-20(30)22(41)23(21)42)10-31-25(43)18-9-19(40-27(34-18)37-45-28(40)46)26(44)33-16-6-3-12-8-13(2-4-14(12)16)24-35-38-39-36-24/h1-2,4-5,7-9,16,32H,3,6,10,30H2,(H,31,43)(H,33,44)(H,35,36,38,39)/t16-/m0/s1. The normalized spacial score (nSPS) is 14.0. The van der Waals surface area contributed by atoms with Crippen LogP contribution in [-0.2, 0) is 13.0 Å². The number of H-pyrrole nitrogens is 1. The van der Waals surface area contributed by atoms with Crippen molar-refractivity contribution in [3.05, 3.63) is 102 Å². The molecule has 1 aliphatic rings. The maximum absolute atomic E-state index is 14.4. The Bertz CT molecular complexity index is 2330. The first-order chi connectivity index (χ1) is 22.2. The van der Waals surface area contributed by atoms with Crippen molar-refractivity contribution >= 4 is 46.9 Å². The van der Waals surface area contributed by atoms with E-state index < -0.39 is 28.5 Å². The van der Waals surface area contributed by atoms with Crippen LogP contribution in [0, 0.1) is 10.7 Å². The third-order valence-corrected chi connectivity index (χ3v) is 7.87. The van der Waals surface area contributed by atoms with Crippen molar-refractivity contribution in [2.75, 3.05) is 11.1 Å². The van der Waals surface area contributed by atoms with Crippen LogP contribution in [0.15, 0.2) is 56.6 Å². The molecule has 0 bridgehead atoms. The number of aromatic amines is 1. The van der Waals surface area contributed by atoms with Crippen LogP contribution in [0.4, 0.5) is 21.5 Å². The molecule has 3 aromatic heterocycles. The Morgan fingerprint density at radius 3 is 2.76 bits per heavy atom. The van der Waals surface area contributed by atoms with Gasteiger partial charge in [0.2, 0.25) is 5.82 Å². The number of aryl methyl sites for hydroxylation is 1. The Morgan fingerprint density at radius 2 is 1.98 bits per heavy atom. The molecule has 0 saturated carbocycles. The third kappa shape index (κ3) is 4.95. The second-order valence-corrected chi connectivity index (χ2v) is 10.7. The molecule has 6 aromatic rings. The molecule has 0 radical (unpaired) electrons. The number of nitrogen functional groups attached to an aromatic ring is 1. The minimum Gasteiger partial charge on any atom is -0.394 e. The van der Waals surface area contributed by atoms with Crippen molar-refractivity contribution in [2.24, 2.45) is 0 Å². The van der Waals surface area contributed by atoms with Gasteiger partial charge in [0.05, 0.1) is 11.7 Å². The number of fused-ring (bicyclic) bond motifs is 2. The van der Waals surface area contributed by atoms with E-state index in [4.69, 9.17) is 22.5 Å². The van der Waals surface area contributed by atoms with Crippen molar-refractivity contribution in [3.8, 4) is 11.4 Å². The average molecular weight is 642 g/mol. The van der Waals surface area contributed by atoms with E-state index >= 15 is 0 Å². The number of benzene rings is 2. The molecule has 7 rings (SSSR count). The second kappa shape index (κ2) is 11.1. The zero-order valence-electron chi connectivity index (χ0n) is 23.3. The van der Waals surface area contributed by atoms with E-state index in [1.165, 1.54) is 22.6 Å². The molecule has 0 unspecified atom stereocenters. The summed E-state index contributed by atoms with van der Waals surface area (Å²) in [7, 11) is 0. The van der Waals surface area contributed by atoms with Gasteiger partial charge < -0.3 is 26.2 Å². The van der Waals surface area contributed by atoms with Crippen LogP contribution in [0.5, 0.6) is 0 Å². The minimum absolute atomic E-state index is 0.0166. The molecule has 46 heavy (non-hydrogen) atoms. The van der Waals surface area contributed by atoms with E-state index in [2.05, 4.69) is 46.7 Å². The second-order valence-electron chi connectivity index (χ2n) is 10.4. The first kappa shape index (κ1) is 28.6. The topological polar surface area (TPSA) is 228 Å². The molecular formula is C28H20FN11O5S. The summed E-state index contributed by atoms with van der Waals surface area (Å²) in [5.41, 5.74) is 6.26. The number of hydrogen-bond acceptors (Lipinski definition) is 13. The van der Waals surface area contributed by atoms with Gasteiger partial charge in [0.1, 0.15) is 28.6 Å². The molecule has 0 spiro atoms. The average Bonchev–Trinajstić information content (AvgIpc) is 3.83. The van der Waals surface area contributed by atoms with Gasteiger partial charge in [0, 0.05) is 12.1 Å². The SMILES string of the molecule is Nc1c(Nc2cc(CNC(=O)c3cc(C(=O)N[C@H]4CCc5cc(-c6nn[nH]n6)ccc54)n4c(=S)onc4n3)ccc2F)c(=O)c1=O. The van der Waals surface area contributed by atoms with E-state index in [1.807, 2.05) is 18.2 Å². The smallest absolute Gasteiger partial charge is 0.303 e. The number of nitrogens with two attached hydrogens (primary N) is 1. The van der Waals surface area contributed by atoms with E-state index in [0.29, 0.717) is 24.2 Å². The van der Waals surface area contributed by atoms with Gasteiger partial charge in [0.15, 0.2) is 0 Å². The van der Waals surface area contributed by atoms with E-state index in [1.54, 1.807) is 0 Å². The number of amides is 2. The minimum atomic E-state index is -0.850. The highest BCUT2D eigenvalue weighted by atomic mass is 32.1. The number of nitrogens with zero attached hydrogens (tertiary/aromatic N) is 6. The Kier molecular flexibility index (Phi) is 6.88. The molecule has 18 heteroatoms. The van der Waals surface area contributed by atoms with Crippen LogP contribution >= 0.6 is 12.2 Å². The molecule has 2 amide bonds. The molecule has 0 aliphatic heterocycles. The summed E-state index contributed by atoms with van der Waals surface area (Å²) in [6, 6.07) is 10.5. The summed E-state index contributed by atoms with van der Waals surface area (Å²) in [6.07, 6.45) is 1.34. The Balaban J connectivity index is 1.09. The fourth-order valence-electron chi connectivity index (χ4n) is 5.28. The summed E-state index contributed by atoms with van der Waals surface area (Å²) < 4.78 is 20.7. The van der Waals surface area contributed by atoms with Crippen molar-refractivity contribution in [3.63, 3.8) is 0 Å². The number of nitrogens with one attached hydrogen (secondary N) is 4. The van der Waals surface area contributed by atoms with E-state index in [0.717, 1.165) is 22.8 Å². The van der Waals surface area contributed by atoms with Gasteiger partial charge in [-0.3, -0.25) is 19.2 Å². The van der Waals surface area contributed by atoms with Gasteiger partial charge in [-0.25, -0.2) is 13.8 Å². The van der Waals surface area contributed by atoms with Crippen LogP contribution in [0.1, 0.15) is 50.1 Å². The summed E-state index contributed by atoms with van der Waals surface area (Å²) in [5, 5.41) is 26.0. The van der Waals surface area contributed by atoms with Crippen LogP contribution < -0.4 is 32.5 Å². The Morgan fingerprint density at radius 1 is 1.13 bits per heavy atom. The summed E-state index contributed by atoms with van der Waals surface area (Å²) in [5.74, 6) is -1.54. The first-order valence-electron chi connectivity index (χ1n) is 13.7. The van der Waals surface area contributed by atoms with Crippen molar-refractivity contribution in [1.29, 1.82) is 0 Å². The number of tetrazole rings is 1. The number of carbonyl (C=O) groups excluding carboxylic acids is 2. The number of hydrogen-bond donors (Lipinski definition) is 5. The maximum atomic E-state index is 14.4. The molecule has 3 heterocycles. The molecule has 0 saturated heterocycles. The first-order valence-corrected chi connectivity index (χ1v) is 14.1. The lowest BCUT2D eigenvalue weighted by Gasteiger charge is -2.15. The third-order valence-electron chi connectivity index (χ3n) is 7.61. The molecule has 1 aliphatic carbocycles. The zero-order chi connectivity index (χ0) is 32.1. The zero-order valence-corrected chi connectivity index (χ0v) is 24.1. The quantitative estimate of drug-likeness (QED) is 0.118. The molecule has 6 N–H and O–H groups in total. The molecule has 16 nitrogen and oxygen atoms in total. The maximum Gasteiger partial charge on any atom is 0.303 e. The van der Waals surface area contributed by atoms with Gasteiger partial charge in [-0.1, -0.05) is 18.2 Å². The molecular weight excluding hydrogens is 621 g/mol. The largest absolute Gasteiger partial charge is 0.394 e. The number of anilines is 3. The Labute approximate surface area is 260 Å². The number of carbonyl (C=O) groups is 2. The number of halogens is 1. The van der Waals surface area contributed by atoms with Crippen LogP contribution in [0.25, 0.3) is 17.2 Å². The summed E-state index contributed by atoms with van der Waals surface area (Å²) in [4.78, 5) is 53.9. The molecule has 230 valence electrons. The number of rotatable bonds is 8.